The van der Waals surface area contributed by atoms with E-state index in [1.54, 1.807) is 34.6 Å². The van der Waals surface area contributed by atoms with Crippen LogP contribution in [-0.4, -0.2) is 29.9 Å². The van der Waals surface area contributed by atoms with Crippen LogP contribution in [0.25, 0.3) is 0 Å². The number of ether oxygens (including phenoxy) is 1. The van der Waals surface area contributed by atoms with Gasteiger partial charge in [-0.1, -0.05) is 41.5 Å². The molecule has 0 saturated heterocycles. The van der Waals surface area contributed by atoms with Gasteiger partial charge in [0.1, 0.15) is 0 Å². The van der Waals surface area contributed by atoms with Crippen molar-refractivity contribution in [1.29, 1.82) is 0 Å². The molecule has 3 unspecified atom stereocenters. The highest BCUT2D eigenvalue weighted by Crippen LogP contribution is 2.45. The Kier molecular flexibility index (Phi) is 7.43. The molecule has 3 atom stereocenters. The Labute approximate surface area is 133 Å². The van der Waals surface area contributed by atoms with E-state index in [1.165, 1.54) is 6.92 Å². The molecular weight excluding hydrogens is 326 g/mol. The van der Waals surface area contributed by atoms with Gasteiger partial charge in [0, 0.05) is 5.41 Å². The molecule has 0 radical (unpaired) electrons. The maximum Gasteiger partial charge on any atom is 0.423 e. The van der Waals surface area contributed by atoms with E-state index in [-0.39, 0.29) is 24.2 Å². The molecule has 0 heterocycles. The molecule has 8 heteroatoms. The minimum Gasteiger partial charge on any atom is -0.367 e. The largest absolute Gasteiger partial charge is 0.423 e. The van der Waals surface area contributed by atoms with Crippen molar-refractivity contribution in [2.45, 2.75) is 72.7 Å². The molecule has 0 spiro atoms. The molecule has 0 aromatic rings. The van der Waals surface area contributed by atoms with Gasteiger partial charge in [0.2, 0.25) is 0 Å². The first-order chi connectivity index (χ1) is 10.0. The number of hydrogen-bond acceptors (Lipinski definition) is 2. The average molecular weight is 352 g/mol. The second kappa shape index (κ2) is 7.59. The van der Waals surface area contributed by atoms with Crippen molar-refractivity contribution in [2.75, 3.05) is 0 Å². The van der Waals surface area contributed by atoms with E-state index in [0.29, 0.717) is 0 Å². The van der Waals surface area contributed by atoms with Gasteiger partial charge in [-0.2, -0.15) is 26.3 Å². The van der Waals surface area contributed by atoms with E-state index in [2.05, 4.69) is 4.74 Å². The fourth-order valence-corrected chi connectivity index (χ4v) is 2.78. The average Bonchev–Trinajstić information content (AvgIpc) is 2.30. The van der Waals surface area contributed by atoms with Gasteiger partial charge in [0.05, 0.1) is 0 Å². The van der Waals surface area contributed by atoms with Crippen molar-refractivity contribution < 1.29 is 36.2 Å². The van der Waals surface area contributed by atoms with Crippen LogP contribution in [-0.2, 0) is 4.74 Å². The van der Waals surface area contributed by atoms with Gasteiger partial charge in [-0.3, -0.25) is 0 Å². The van der Waals surface area contributed by atoms with E-state index in [0.717, 1.165) is 0 Å². The minimum absolute atomic E-state index is 0.0327. The third-order valence-corrected chi connectivity index (χ3v) is 4.31. The van der Waals surface area contributed by atoms with Crippen LogP contribution in [0.2, 0.25) is 0 Å². The van der Waals surface area contributed by atoms with Crippen LogP contribution in [0.4, 0.5) is 26.3 Å². The normalized spacial score (nSPS) is 19.3. The Hall–Kier alpha value is -0.500. The molecule has 0 bridgehead atoms. The third-order valence-electron chi connectivity index (χ3n) is 4.31. The van der Waals surface area contributed by atoms with Crippen LogP contribution >= 0.6 is 0 Å². The van der Waals surface area contributed by atoms with Crippen LogP contribution in [0.3, 0.4) is 0 Å². The Morgan fingerprint density at radius 3 is 1.52 bits per heavy atom. The monoisotopic (exact) mass is 352 g/mol. The lowest BCUT2D eigenvalue weighted by Crippen LogP contribution is -2.51. The predicted molar refractivity (Wildman–Crippen MR) is 74.6 cm³/mol. The smallest absolute Gasteiger partial charge is 0.367 e. The second-order valence-corrected chi connectivity index (χ2v) is 7.09. The summed E-state index contributed by atoms with van der Waals surface area (Å²) in [5.41, 5.74) is -1.24. The van der Waals surface area contributed by atoms with E-state index in [4.69, 9.17) is 0 Å². The molecule has 0 saturated carbocycles. The molecule has 140 valence electrons. The van der Waals surface area contributed by atoms with Gasteiger partial charge in [-0.25, -0.2) is 0 Å². The molecule has 0 rings (SSSR count). The Balaban J connectivity index is 5.57. The molecular formula is C15H26F6O2. The summed E-state index contributed by atoms with van der Waals surface area (Å²) in [5, 5.41) is 10.1. The van der Waals surface area contributed by atoms with Crippen molar-refractivity contribution in [1.82, 2.24) is 0 Å². The molecule has 0 aromatic carbocycles. The SMILES string of the molecule is CC(C)CC(C)(C(O)OC(C(F)(F)F)C(F)(F)F)C(C)C(C)C. The second-order valence-electron chi connectivity index (χ2n) is 7.09. The van der Waals surface area contributed by atoms with Crippen molar-refractivity contribution in [3.63, 3.8) is 0 Å². The molecule has 0 amide bonds. The number of hydrogen-bond donors (Lipinski definition) is 1. The summed E-state index contributed by atoms with van der Waals surface area (Å²) in [6, 6.07) is 0. The molecule has 0 aliphatic carbocycles. The van der Waals surface area contributed by atoms with Gasteiger partial charge in [0.25, 0.3) is 6.10 Å². The van der Waals surface area contributed by atoms with Crippen LogP contribution in [0.15, 0.2) is 0 Å². The van der Waals surface area contributed by atoms with Crippen molar-refractivity contribution in [3.8, 4) is 0 Å². The topological polar surface area (TPSA) is 29.5 Å². The zero-order valence-electron chi connectivity index (χ0n) is 14.2. The predicted octanol–water partition coefficient (Wildman–Crippen LogP) is 5.16. The molecule has 2 nitrogen and oxygen atoms in total. The third kappa shape index (κ3) is 6.14. The van der Waals surface area contributed by atoms with Crippen molar-refractivity contribution in [2.24, 2.45) is 23.2 Å². The summed E-state index contributed by atoms with van der Waals surface area (Å²) < 4.78 is 79.9. The van der Waals surface area contributed by atoms with Gasteiger partial charge in [-0.05, 0) is 24.2 Å². The summed E-state index contributed by atoms with van der Waals surface area (Å²) in [4.78, 5) is 0. The number of rotatable bonds is 7. The maximum absolute atomic E-state index is 12.6. The summed E-state index contributed by atoms with van der Waals surface area (Å²) in [7, 11) is 0. The summed E-state index contributed by atoms with van der Waals surface area (Å²) in [6.45, 7) is 10.3. The van der Waals surface area contributed by atoms with E-state index in [1.807, 2.05) is 0 Å². The Morgan fingerprint density at radius 1 is 0.870 bits per heavy atom. The standard InChI is InChI=1S/C15H26F6O2/c1-8(2)7-13(6,10(5)9(3)4)12(22)23-11(14(16,17)18)15(19,20)21/h8-12,22H,7H2,1-6H3. The van der Waals surface area contributed by atoms with E-state index in [9.17, 15) is 31.4 Å². The Bertz CT molecular complexity index is 350. The van der Waals surface area contributed by atoms with Gasteiger partial charge >= 0.3 is 12.4 Å². The van der Waals surface area contributed by atoms with Gasteiger partial charge in [-0.15, -0.1) is 0 Å². The molecule has 23 heavy (non-hydrogen) atoms. The molecule has 0 fully saturated rings. The lowest BCUT2D eigenvalue weighted by Gasteiger charge is -2.43. The zero-order chi connectivity index (χ0) is 18.8. The fourth-order valence-electron chi connectivity index (χ4n) is 2.78. The first-order valence-corrected chi connectivity index (χ1v) is 7.50. The lowest BCUT2D eigenvalue weighted by molar-refractivity contribution is -0.364. The molecule has 0 aromatic heterocycles. The minimum atomic E-state index is -5.64. The molecule has 1 N–H and O–H groups in total. The summed E-state index contributed by atoms with van der Waals surface area (Å²) >= 11 is 0. The maximum atomic E-state index is 12.6. The van der Waals surface area contributed by atoms with E-state index >= 15 is 0 Å². The first-order valence-electron chi connectivity index (χ1n) is 7.50. The van der Waals surface area contributed by atoms with E-state index < -0.39 is 30.2 Å². The fraction of sp³-hybridized carbons (Fsp3) is 1.00. The lowest BCUT2D eigenvalue weighted by atomic mass is 9.67. The first kappa shape index (κ1) is 22.5. The molecule has 0 aliphatic rings. The van der Waals surface area contributed by atoms with Crippen LogP contribution in [0.5, 0.6) is 0 Å². The Morgan fingerprint density at radius 2 is 1.26 bits per heavy atom. The number of alkyl halides is 6. The zero-order valence-corrected chi connectivity index (χ0v) is 14.2. The quantitative estimate of drug-likeness (QED) is 0.507. The van der Waals surface area contributed by atoms with Crippen LogP contribution in [0.1, 0.15) is 48.0 Å². The highest BCUT2D eigenvalue weighted by Gasteiger charge is 2.60. The molecule has 0 aliphatic heterocycles. The number of aliphatic hydroxyl groups excluding tert-OH is 1. The van der Waals surface area contributed by atoms with Crippen molar-refractivity contribution >= 4 is 0 Å². The van der Waals surface area contributed by atoms with Gasteiger partial charge in [0.15, 0.2) is 6.29 Å². The summed E-state index contributed by atoms with van der Waals surface area (Å²) in [6.07, 6.45) is -17.2. The van der Waals surface area contributed by atoms with Crippen molar-refractivity contribution in [3.05, 3.63) is 0 Å². The van der Waals surface area contributed by atoms with Crippen LogP contribution in [0, 0.1) is 23.2 Å². The number of halogens is 6. The van der Waals surface area contributed by atoms with Gasteiger partial charge < -0.3 is 9.84 Å². The highest BCUT2D eigenvalue weighted by molar-refractivity contribution is 4.87. The highest BCUT2D eigenvalue weighted by atomic mass is 19.4. The van der Waals surface area contributed by atoms with Crippen LogP contribution < -0.4 is 0 Å². The number of aliphatic hydroxyl groups is 1. The summed E-state index contributed by atoms with van der Waals surface area (Å²) in [5.74, 6) is -0.427.